The van der Waals surface area contributed by atoms with Crippen molar-refractivity contribution < 1.29 is 14.6 Å². The van der Waals surface area contributed by atoms with E-state index >= 15 is 0 Å². The molecule has 0 aliphatic carbocycles. The third-order valence-electron chi connectivity index (χ3n) is 4.74. The van der Waals surface area contributed by atoms with Gasteiger partial charge in [0, 0.05) is 17.7 Å². The molecule has 3 rings (SSSR count). The molecule has 0 radical (unpaired) electrons. The molecule has 0 saturated heterocycles. The van der Waals surface area contributed by atoms with Gasteiger partial charge in [0.2, 0.25) is 0 Å². The number of nitrogens with zero attached hydrogens (tertiary/aromatic N) is 1. The third kappa shape index (κ3) is 4.10. The minimum Gasteiger partial charge on any atom is -0.433 e. The van der Waals surface area contributed by atoms with Crippen LogP contribution >= 0.6 is 0 Å². The first kappa shape index (κ1) is 20.1. The van der Waals surface area contributed by atoms with Crippen LogP contribution in [0.4, 0.5) is 0 Å². The predicted molar refractivity (Wildman–Crippen MR) is 110 cm³/mol. The summed E-state index contributed by atoms with van der Waals surface area (Å²) in [7, 11) is -0.779. The van der Waals surface area contributed by atoms with E-state index in [2.05, 4.69) is 10.7 Å². The predicted octanol–water partition coefficient (Wildman–Crippen LogP) is 1.68. The molecule has 1 aliphatic rings. The second-order valence-electron chi connectivity index (χ2n) is 8.33. The molecule has 0 atom stereocenters. The molecule has 0 fully saturated rings. The Morgan fingerprint density at radius 2 is 1.71 bits per heavy atom. The first-order valence-electron chi connectivity index (χ1n) is 9.34. The van der Waals surface area contributed by atoms with Crippen molar-refractivity contribution in [2.45, 2.75) is 46.7 Å². The van der Waals surface area contributed by atoms with Crippen molar-refractivity contribution in [2.75, 3.05) is 0 Å². The van der Waals surface area contributed by atoms with Gasteiger partial charge in [-0.1, -0.05) is 29.3 Å². The van der Waals surface area contributed by atoms with E-state index < -0.39 is 18.5 Å². The van der Waals surface area contributed by atoms with Gasteiger partial charge in [0.1, 0.15) is 0 Å². The minimum atomic E-state index is -0.779. The van der Waals surface area contributed by atoms with Crippen molar-refractivity contribution in [1.82, 2.24) is 15.7 Å². The Morgan fingerprint density at radius 3 is 2.32 bits per heavy atom. The van der Waals surface area contributed by atoms with E-state index in [9.17, 15) is 14.6 Å². The maximum Gasteiger partial charge on any atom is 0.413 e. The van der Waals surface area contributed by atoms with Gasteiger partial charge in [0.15, 0.2) is 0 Å². The van der Waals surface area contributed by atoms with E-state index in [4.69, 9.17) is 0 Å². The molecular weight excluding hydrogens is 353 g/mol. The van der Waals surface area contributed by atoms with Gasteiger partial charge in [0.05, 0.1) is 5.54 Å². The van der Waals surface area contributed by atoms with Crippen LogP contribution in [0, 0.1) is 13.8 Å². The summed E-state index contributed by atoms with van der Waals surface area (Å²) in [4.78, 5) is 26.0. The van der Waals surface area contributed by atoms with Crippen LogP contribution in [-0.4, -0.2) is 34.4 Å². The van der Waals surface area contributed by atoms with E-state index in [1.165, 1.54) is 5.01 Å². The average molecular weight is 379 g/mol. The molecular formula is C21H26BN3O3. The third-order valence-corrected chi connectivity index (χ3v) is 4.74. The van der Waals surface area contributed by atoms with Crippen LogP contribution in [0.3, 0.4) is 0 Å². The van der Waals surface area contributed by atoms with E-state index in [1.807, 2.05) is 58.9 Å². The Hall–Kier alpha value is -2.64. The first-order valence-corrected chi connectivity index (χ1v) is 9.34. The Bertz CT molecular complexity index is 917. The maximum absolute atomic E-state index is 13.2. The highest BCUT2D eigenvalue weighted by Gasteiger charge is 2.31. The largest absolute Gasteiger partial charge is 0.433 e. The van der Waals surface area contributed by atoms with Crippen molar-refractivity contribution in [1.29, 1.82) is 0 Å². The fourth-order valence-corrected chi connectivity index (χ4v) is 3.38. The van der Waals surface area contributed by atoms with Gasteiger partial charge >= 0.3 is 7.05 Å². The molecule has 2 aromatic rings. The molecule has 0 aromatic heterocycles. The molecule has 7 heteroatoms. The summed E-state index contributed by atoms with van der Waals surface area (Å²) in [5, 5.41) is 14.3. The molecule has 6 nitrogen and oxygen atoms in total. The lowest BCUT2D eigenvalue weighted by molar-refractivity contribution is 0.0358. The molecule has 0 bridgehead atoms. The molecule has 0 saturated carbocycles. The molecule has 2 amide bonds. The summed E-state index contributed by atoms with van der Waals surface area (Å²) < 4.78 is 0. The summed E-state index contributed by atoms with van der Waals surface area (Å²) in [6.07, 6.45) is 0. The van der Waals surface area contributed by atoms with Crippen molar-refractivity contribution >= 4 is 24.3 Å². The average Bonchev–Trinajstić information content (AvgIpc) is 2.97. The van der Waals surface area contributed by atoms with Crippen molar-refractivity contribution in [3.8, 4) is 0 Å². The molecule has 1 heterocycles. The van der Waals surface area contributed by atoms with Gasteiger partial charge in [-0.15, -0.1) is 0 Å². The van der Waals surface area contributed by atoms with Crippen molar-refractivity contribution in [2.24, 2.45) is 0 Å². The molecule has 28 heavy (non-hydrogen) atoms. The Kier molecular flexibility index (Phi) is 5.32. The molecule has 146 valence electrons. The quantitative estimate of drug-likeness (QED) is 0.548. The number of hydrogen-bond donors (Lipinski definition) is 3. The number of carbonyl (C=O) groups excluding carboxylic acids is 2. The SMILES string of the molecule is Cc1cc(C)cc(C(=O)N(NC(=O)c2ccc3c(c2)B(O)NC3)C(C)(C)C)c1. The van der Waals surface area contributed by atoms with Crippen LogP contribution in [0.25, 0.3) is 0 Å². The van der Waals surface area contributed by atoms with E-state index in [1.54, 1.807) is 12.1 Å². The summed E-state index contributed by atoms with van der Waals surface area (Å²) in [6.45, 7) is 10.0. The van der Waals surface area contributed by atoms with Gasteiger partial charge in [-0.2, -0.15) is 0 Å². The number of nitrogens with one attached hydrogen (secondary N) is 2. The van der Waals surface area contributed by atoms with Gasteiger partial charge in [-0.05, 0) is 63.8 Å². The fraction of sp³-hybridized carbons (Fsp3) is 0.333. The number of aryl methyl sites for hydroxylation is 2. The summed E-state index contributed by atoms with van der Waals surface area (Å²) in [5.41, 5.74) is 6.69. The Labute approximate surface area is 166 Å². The number of benzene rings is 2. The zero-order valence-corrected chi connectivity index (χ0v) is 17.0. The molecule has 2 aromatic carbocycles. The molecule has 0 spiro atoms. The highest BCUT2D eigenvalue weighted by Crippen LogP contribution is 2.18. The van der Waals surface area contributed by atoms with Crippen LogP contribution in [0.2, 0.25) is 0 Å². The van der Waals surface area contributed by atoms with Gasteiger partial charge in [0.25, 0.3) is 11.8 Å². The standard InChI is InChI=1S/C21H26BN3O3/c1-13-8-14(2)10-17(9-13)20(27)25(21(3,4)5)24-19(26)15-6-7-16-12-23-22(28)18(16)11-15/h6-11,23,28H,12H2,1-5H3,(H,24,26). The van der Waals surface area contributed by atoms with Crippen LogP contribution in [0.5, 0.6) is 0 Å². The second-order valence-corrected chi connectivity index (χ2v) is 8.33. The Balaban J connectivity index is 1.88. The molecule has 0 unspecified atom stereocenters. The minimum absolute atomic E-state index is 0.268. The lowest BCUT2D eigenvalue weighted by Gasteiger charge is -2.35. The van der Waals surface area contributed by atoms with Crippen LogP contribution in [0.1, 0.15) is 58.2 Å². The van der Waals surface area contributed by atoms with Crippen LogP contribution in [0.15, 0.2) is 36.4 Å². The lowest BCUT2D eigenvalue weighted by atomic mass is 9.75. The number of fused-ring (bicyclic) bond motifs is 1. The highest BCUT2D eigenvalue weighted by molar-refractivity contribution is 6.65. The normalized spacial score (nSPS) is 13.3. The first-order chi connectivity index (χ1) is 13.1. The molecule has 3 N–H and O–H groups in total. The summed E-state index contributed by atoms with van der Waals surface area (Å²) >= 11 is 0. The zero-order chi connectivity index (χ0) is 20.6. The number of hydrazine groups is 1. The Morgan fingerprint density at radius 1 is 1.07 bits per heavy atom. The van der Waals surface area contributed by atoms with Gasteiger partial charge in [-0.25, -0.2) is 5.01 Å². The van der Waals surface area contributed by atoms with Crippen molar-refractivity contribution in [3.05, 3.63) is 64.2 Å². The number of amides is 2. The van der Waals surface area contributed by atoms with Gasteiger partial charge in [-0.3, -0.25) is 15.0 Å². The zero-order valence-electron chi connectivity index (χ0n) is 17.0. The highest BCUT2D eigenvalue weighted by atomic mass is 16.2. The van der Waals surface area contributed by atoms with E-state index in [0.717, 1.165) is 16.7 Å². The number of hydrogen-bond acceptors (Lipinski definition) is 4. The summed E-state index contributed by atoms with van der Waals surface area (Å²) in [5.74, 6) is -0.662. The fourth-order valence-electron chi connectivity index (χ4n) is 3.38. The maximum atomic E-state index is 13.2. The number of rotatable bonds is 2. The lowest BCUT2D eigenvalue weighted by Crippen LogP contribution is -2.56. The van der Waals surface area contributed by atoms with E-state index in [-0.39, 0.29) is 5.91 Å². The number of carbonyl (C=O) groups is 2. The smallest absolute Gasteiger partial charge is 0.413 e. The second kappa shape index (κ2) is 7.41. The van der Waals surface area contributed by atoms with Gasteiger partial charge < -0.3 is 10.3 Å². The summed E-state index contributed by atoms with van der Waals surface area (Å²) in [6, 6.07) is 10.8. The monoisotopic (exact) mass is 379 g/mol. The molecule has 1 aliphatic heterocycles. The van der Waals surface area contributed by atoms with E-state index in [0.29, 0.717) is 23.1 Å². The van der Waals surface area contributed by atoms with Crippen LogP contribution < -0.4 is 16.1 Å². The topological polar surface area (TPSA) is 81.7 Å². The van der Waals surface area contributed by atoms with Crippen LogP contribution in [-0.2, 0) is 6.54 Å². The van der Waals surface area contributed by atoms with Crippen molar-refractivity contribution in [3.63, 3.8) is 0 Å².